The number of carbonyl (C=O) groups is 1. The molecule has 0 aliphatic carbocycles. The summed E-state index contributed by atoms with van der Waals surface area (Å²) in [5.74, 6) is 0.688. The van der Waals surface area contributed by atoms with Crippen LogP contribution in [0.4, 0.5) is 0 Å². The van der Waals surface area contributed by atoms with Crippen molar-refractivity contribution in [3.63, 3.8) is 0 Å². The maximum Gasteiger partial charge on any atom is 0.306 e. The van der Waals surface area contributed by atoms with Gasteiger partial charge in [-0.1, -0.05) is 0 Å². The van der Waals surface area contributed by atoms with Crippen LogP contribution in [0.15, 0.2) is 0 Å². The maximum absolute atomic E-state index is 11.8. The molecule has 0 saturated carbocycles. The molecule has 1 heterocycles. The third-order valence-corrected chi connectivity index (χ3v) is 5.72. The van der Waals surface area contributed by atoms with Crippen molar-refractivity contribution in [2.24, 2.45) is 0 Å². The van der Waals surface area contributed by atoms with Crippen molar-refractivity contribution >= 4 is 27.9 Å². The van der Waals surface area contributed by atoms with Gasteiger partial charge in [0.2, 0.25) is 0 Å². The maximum atomic E-state index is 11.8. The third-order valence-electron chi connectivity index (χ3n) is 2.79. The number of hydrogen-bond acceptors (Lipinski definition) is 5. The average molecular weight is 296 g/mol. The molecule has 0 bridgehead atoms. The van der Waals surface area contributed by atoms with Crippen molar-refractivity contribution in [2.45, 2.75) is 24.5 Å². The van der Waals surface area contributed by atoms with E-state index in [0.29, 0.717) is 11.8 Å². The first-order valence-electron chi connectivity index (χ1n) is 5.85. The molecule has 106 valence electrons. The lowest BCUT2D eigenvalue weighted by atomic mass is 10.2. The van der Waals surface area contributed by atoms with Crippen LogP contribution in [-0.2, 0) is 19.7 Å². The number of thioether (sulfide) groups is 1. The van der Waals surface area contributed by atoms with E-state index in [1.807, 2.05) is 0 Å². The minimum absolute atomic E-state index is 0.0616. The van der Waals surface area contributed by atoms with Crippen molar-refractivity contribution < 1.29 is 17.9 Å². The fourth-order valence-corrected chi connectivity index (χ4v) is 3.86. The molecule has 1 aliphatic rings. The van der Waals surface area contributed by atoms with Crippen LogP contribution in [0.3, 0.4) is 0 Å². The summed E-state index contributed by atoms with van der Waals surface area (Å²) >= 11 is 1.80. The van der Waals surface area contributed by atoms with Crippen LogP contribution in [0, 0.1) is 0 Å². The minimum atomic E-state index is -3.49. The number of hydrogen-bond donors (Lipinski definition) is 1. The van der Waals surface area contributed by atoms with Crippen LogP contribution >= 0.6 is 11.8 Å². The van der Waals surface area contributed by atoms with E-state index in [4.69, 9.17) is 0 Å². The number of nitrogens with one attached hydrogen (secondary N) is 1. The van der Waals surface area contributed by atoms with Gasteiger partial charge in [0.15, 0.2) is 0 Å². The molecule has 8 heteroatoms. The van der Waals surface area contributed by atoms with Gasteiger partial charge in [-0.15, -0.1) is 0 Å². The zero-order valence-corrected chi connectivity index (χ0v) is 12.3. The second-order valence-electron chi connectivity index (χ2n) is 4.14. The Balaban J connectivity index is 2.34. The molecule has 0 aromatic heterocycles. The van der Waals surface area contributed by atoms with Gasteiger partial charge in [-0.05, 0) is 18.6 Å². The normalized spacial score (nSPS) is 20.3. The van der Waals surface area contributed by atoms with Gasteiger partial charge in [0.1, 0.15) is 0 Å². The molecular formula is C10H20N2O4S2. The number of methoxy groups -OCH3 is 1. The fourth-order valence-electron chi connectivity index (χ4n) is 1.58. The summed E-state index contributed by atoms with van der Waals surface area (Å²) in [4.78, 5) is 10.9. The zero-order valence-electron chi connectivity index (χ0n) is 10.7. The molecule has 0 spiro atoms. The lowest BCUT2D eigenvalue weighted by molar-refractivity contribution is -0.140. The number of rotatable bonds is 7. The van der Waals surface area contributed by atoms with E-state index in [2.05, 4.69) is 9.46 Å². The van der Waals surface area contributed by atoms with Gasteiger partial charge in [-0.3, -0.25) is 4.79 Å². The van der Waals surface area contributed by atoms with Crippen LogP contribution in [0.1, 0.15) is 19.3 Å². The Hall–Kier alpha value is -0.310. The molecule has 0 amide bonds. The Bertz CT molecular complexity index is 366. The summed E-state index contributed by atoms with van der Waals surface area (Å²) in [7, 11) is -0.754. The van der Waals surface area contributed by atoms with Gasteiger partial charge in [-0.25, -0.2) is 4.72 Å². The zero-order chi connectivity index (χ0) is 13.6. The lowest BCUT2D eigenvalue weighted by Crippen LogP contribution is -2.41. The molecule has 1 rings (SSSR count). The molecule has 0 aromatic carbocycles. The van der Waals surface area contributed by atoms with Crippen molar-refractivity contribution in [2.75, 3.05) is 33.0 Å². The summed E-state index contributed by atoms with van der Waals surface area (Å²) in [6.45, 7) is 0.579. The monoisotopic (exact) mass is 296 g/mol. The Kier molecular flexibility index (Phi) is 6.40. The summed E-state index contributed by atoms with van der Waals surface area (Å²) < 4.78 is 31.9. The molecule has 18 heavy (non-hydrogen) atoms. The summed E-state index contributed by atoms with van der Waals surface area (Å²) in [5.41, 5.74) is 0. The highest BCUT2D eigenvalue weighted by molar-refractivity contribution is 8.00. The Morgan fingerprint density at radius 1 is 1.56 bits per heavy atom. The third kappa shape index (κ3) is 5.13. The van der Waals surface area contributed by atoms with Gasteiger partial charge in [-0.2, -0.15) is 24.5 Å². The Labute approximate surface area is 113 Å². The SMILES string of the molecule is COC(=O)CCN(C)S(=O)(=O)NCC1CCCS1. The summed E-state index contributed by atoms with van der Waals surface area (Å²) in [6, 6.07) is 0. The average Bonchev–Trinajstić information content (AvgIpc) is 2.86. The summed E-state index contributed by atoms with van der Waals surface area (Å²) in [6.07, 6.45) is 2.26. The van der Waals surface area contributed by atoms with Gasteiger partial charge < -0.3 is 4.74 Å². The van der Waals surface area contributed by atoms with Crippen LogP contribution in [0.2, 0.25) is 0 Å². The first-order valence-corrected chi connectivity index (χ1v) is 8.34. The van der Waals surface area contributed by atoms with Crippen LogP contribution < -0.4 is 4.72 Å². The molecule has 0 radical (unpaired) electrons. The van der Waals surface area contributed by atoms with Crippen LogP contribution in [0.5, 0.6) is 0 Å². The van der Waals surface area contributed by atoms with E-state index in [1.165, 1.54) is 14.2 Å². The molecule has 1 fully saturated rings. The first-order chi connectivity index (χ1) is 8.45. The summed E-state index contributed by atoms with van der Waals surface area (Å²) in [5, 5.41) is 0.369. The molecule has 0 aromatic rings. The standard InChI is InChI=1S/C10H20N2O4S2/c1-12(6-5-10(13)16-2)18(14,15)11-8-9-4-3-7-17-9/h9,11H,3-8H2,1-2H3. The number of carbonyl (C=O) groups excluding carboxylic acids is 1. The second-order valence-corrected chi connectivity index (χ2v) is 7.41. The van der Waals surface area contributed by atoms with Crippen molar-refractivity contribution in [1.29, 1.82) is 0 Å². The van der Waals surface area contributed by atoms with Gasteiger partial charge in [0, 0.05) is 25.4 Å². The van der Waals surface area contributed by atoms with Gasteiger partial charge >= 0.3 is 5.97 Å². The number of esters is 1. The number of ether oxygens (including phenoxy) is 1. The minimum Gasteiger partial charge on any atom is -0.469 e. The van der Waals surface area contributed by atoms with Gasteiger partial charge in [0.05, 0.1) is 13.5 Å². The Morgan fingerprint density at radius 3 is 2.83 bits per heavy atom. The molecule has 1 N–H and O–H groups in total. The number of nitrogens with zero attached hydrogens (tertiary/aromatic N) is 1. The van der Waals surface area contributed by atoms with E-state index in [1.54, 1.807) is 11.8 Å². The Morgan fingerprint density at radius 2 is 2.28 bits per heavy atom. The van der Waals surface area contributed by atoms with E-state index in [-0.39, 0.29) is 13.0 Å². The molecule has 1 aliphatic heterocycles. The van der Waals surface area contributed by atoms with Crippen molar-refractivity contribution in [3.05, 3.63) is 0 Å². The highest BCUT2D eigenvalue weighted by Gasteiger charge is 2.22. The van der Waals surface area contributed by atoms with Crippen molar-refractivity contribution in [3.8, 4) is 0 Å². The predicted molar refractivity (Wildman–Crippen MR) is 71.7 cm³/mol. The largest absolute Gasteiger partial charge is 0.469 e. The fraction of sp³-hybridized carbons (Fsp3) is 0.900. The van der Waals surface area contributed by atoms with Crippen molar-refractivity contribution in [1.82, 2.24) is 9.03 Å². The molecule has 1 unspecified atom stereocenters. The predicted octanol–water partition coefficient (Wildman–Crippen LogP) is 0.211. The van der Waals surface area contributed by atoms with Crippen LogP contribution in [-0.4, -0.2) is 56.9 Å². The quantitative estimate of drug-likeness (QED) is 0.680. The topological polar surface area (TPSA) is 75.7 Å². The van der Waals surface area contributed by atoms with Gasteiger partial charge in [0.25, 0.3) is 10.2 Å². The second kappa shape index (κ2) is 7.32. The molecule has 1 atom stereocenters. The first kappa shape index (κ1) is 15.7. The van der Waals surface area contributed by atoms with E-state index < -0.39 is 16.2 Å². The molecular weight excluding hydrogens is 276 g/mol. The molecule has 6 nitrogen and oxygen atoms in total. The van der Waals surface area contributed by atoms with E-state index in [0.717, 1.165) is 22.9 Å². The van der Waals surface area contributed by atoms with Crippen LogP contribution in [0.25, 0.3) is 0 Å². The molecule has 1 saturated heterocycles. The highest BCUT2D eigenvalue weighted by Crippen LogP contribution is 2.25. The van der Waals surface area contributed by atoms with E-state index >= 15 is 0 Å². The smallest absolute Gasteiger partial charge is 0.306 e. The highest BCUT2D eigenvalue weighted by atomic mass is 32.2. The van der Waals surface area contributed by atoms with E-state index in [9.17, 15) is 13.2 Å². The lowest BCUT2D eigenvalue weighted by Gasteiger charge is -2.18.